The molecule has 1 amide bonds. The summed E-state index contributed by atoms with van der Waals surface area (Å²) < 4.78 is 5.41. The zero-order valence-corrected chi connectivity index (χ0v) is 13.5. The van der Waals surface area contributed by atoms with Crippen molar-refractivity contribution in [1.82, 2.24) is 10.3 Å². The maximum absolute atomic E-state index is 12.4. The summed E-state index contributed by atoms with van der Waals surface area (Å²) >= 11 is 0. The lowest BCUT2D eigenvalue weighted by atomic mass is 9.96. The molecule has 0 aliphatic heterocycles. The smallest absolute Gasteiger partial charge is 0.251 e. The number of ether oxygens (including phenoxy) is 1. The number of aryl methyl sites for hydroxylation is 1. The molecule has 1 N–H and O–H groups in total. The number of nitrogens with zero attached hydrogens (tertiary/aromatic N) is 1. The molecule has 0 aliphatic carbocycles. The van der Waals surface area contributed by atoms with Crippen LogP contribution >= 0.6 is 0 Å². The fourth-order valence-electron chi connectivity index (χ4n) is 2.34. The summed E-state index contributed by atoms with van der Waals surface area (Å²) in [6, 6.07) is 9.50. The summed E-state index contributed by atoms with van der Waals surface area (Å²) in [6.45, 7) is 6.51. The van der Waals surface area contributed by atoms with Gasteiger partial charge in [0.15, 0.2) is 0 Å². The van der Waals surface area contributed by atoms with Gasteiger partial charge in [-0.3, -0.25) is 9.78 Å². The highest BCUT2D eigenvalue weighted by Crippen LogP contribution is 2.29. The number of benzene rings is 1. The van der Waals surface area contributed by atoms with E-state index in [0.717, 1.165) is 22.6 Å². The Balaban J connectivity index is 2.20. The van der Waals surface area contributed by atoms with Gasteiger partial charge in [0, 0.05) is 11.8 Å². The van der Waals surface area contributed by atoms with E-state index in [1.54, 1.807) is 13.3 Å². The van der Waals surface area contributed by atoms with Gasteiger partial charge in [0.2, 0.25) is 0 Å². The van der Waals surface area contributed by atoms with Gasteiger partial charge < -0.3 is 10.1 Å². The average Bonchev–Trinajstić information content (AvgIpc) is 2.52. The maximum atomic E-state index is 12.4. The molecule has 4 nitrogen and oxygen atoms in total. The van der Waals surface area contributed by atoms with Gasteiger partial charge >= 0.3 is 0 Å². The van der Waals surface area contributed by atoms with Crippen molar-refractivity contribution in [2.75, 3.05) is 7.11 Å². The molecule has 0 saturated heterocycles. The number of rotatable bonds is 5. The van der Waals surface area contributed by atoms with E-state index < -0.39 is 0 Å². The van der Waals surface area contributed by atoms with E-state index in [9.17, 15) is 4.79 Å². The van der Waals surface area contributed by atoms with E-state index in [0.29, 0.717) is 12.1 Å². The molecule has 0 bridgehead atoms. The van der Waals surface area contributed by atoms with Crippen LogP contribution in [0.5, 0.6) is 5.75 Å². The molecule has 0 radical (unpaired) electrons. The van der Waals surface area contributed by atoms with E-state index in [2.05, 4.69) is 24.1 Å². The number of methoxy groups -OCH3 is 1. The lowest BCUT2D eigenvalue weighted by Crippen LogP contribution is -2.24. The van der Waals surface area contributed by atoms with Crippen LogP contribution in [0.25, 0.3) is 0 Å². The summed E-state index contributed by atoms with van der Waals surface area (Å²) in [7, 11) is 1.65. The molecule has 0 aliphatic rings. The van der Waals surface area contributed by atoms with Crippen molar-refractivity contribution in [3.05, 3.63) is 58.9 Å². The van der Waals surface area contributed by atoms with Crippen molar-refractivity contribution in [3.8, 4) is 5.75 Å². The zero-order valence-electron chi connectivity index (χ0n) is 13.5. The molecular formula is C18H22N2O2. The van der Waals surface area contributed by atoms with E-state index in [-0.39, 0.29) is 11.8 Å². The number of hydrogen-bond donors (Lipinski definition) is 1. The Morgan fingerprint density at radius 3 is 2.68 bits per heavy atom. The molecule has 0 unspecified atom stereocenters. The van der Waals surface area contributed by atoms with Gasteiger partial charge in [0.05, 0.1) is 19.3 Å². The summed E-state index contributed by atoms with van der Waals surface area (Å²) in [6.07, 6.45) is 1.72. The monoisotopic (exact) mass is 298 g/mol. The molecule has 0 atom stereocenters. The standard InChI is InChI=1S/C18H22N2O2/c1-12(2)15-10-16(13(3)9-17(15)22-4)18(21)20-11-14-7-5-6-8-19-14/h5-10,12H,11H2,1-4H3,(H,20,21). The summed E-state index contributed by atoms with van der Waals surface area (Å²) in [4.78, 5) is 16.6. The fourth-order valence-corrected chi connectivity index (χ4v) is 2.34. The largest absolute Gasteiger partial charge is 0.496 e. The molecule has 4 heteroatoms. The third kappa shape index (κ3) is 3.64. The van der Waals surface area contributed by atoms with Crippen LogP contribution in [-0.2, 0) is 6.54 Å². The van der Waals surface area contributed by atoms with Gasteiger partial charge in [-0.2, -0.15) is 0 Å². The lowest BCUT2D eigenvalue weighted by Gasteiger charge is -2.16. The van der Waals surface area contributed by atoms with Crippen molar-refractivity contribution in [1.29, 1.82) is 0 Å². The number of pyridine rings is 1. The topological polar surface area (TPSA) is 51.2 Å². The predicted molar refractivity (Wildman–Crippen MR) is 87.2 cm³/mol. The molecule has 2 rings (SSSR count). The minimum Gasteiger partial charge on any atom is -0.496 e. The first-order valence-electron chi connectivity index (χ1n) is 7.39. The van der Waals surface area contributed by atoms with Crippen LogP contribution in [0.3, 0.4) is 0 Å². The van der Waals surface area contributed by atoms with Crippen molar-refractivity contribution >= 4 is 5.91 Å². The molecular weight excluding hydrogens is 276 g/mol. The quantitative estimate of drug-likeness (QED) is 0.919. The second-order valence-corrected chi connectivity index (χ2v) is 5.57. The molecule has 1 aromatic carbocycles. The Morgan fingerprint density at radius 2 is 2.09 bits per heavy atom. The molecule has 0 fully saturated rings. The van der Waals surface area contributed by atoms with Crippen LogP contribution in [0.1, 0.15) is 46.9 Å². The highest BCUT2D eigenvalue weighted by Gasteiger charge is 2.15. The first-order chi connectivity index (χ1) is 10.5. The molecule has 22 heavy (non-hydrogen) atoms. The first-order valence-corrected chi connectivity index (χ1v) is 7.39. The second-order valence-electron chi connectivity index (χ2n) is 5.57. The van der Waals surface area contributed by atoms with Crippen molar-refractivity contribution < 1.29 is 9.53 Å². The molecule has 2 aromatic rings. The van der Waals surface area contributed by atoms with Crippen LogP contribution in [-0.4, -0.2) is 18.0 Å². The Morgan fingerprint density at radius 1 is 1.32 bits per heavy atom. The van der Waals surface area contributed by atoms with Gasteiger partial charge in [-0.05, 0) is 48.2 Å². The Bertz CT molecular complexity index is 652. The Labute approximate surface area is 131 Å². The normalized spacial score (nSPS) is 10.6. The second kappa shape index (κ2) is 7.07. The average molecular weight is 298 g/mol. The van der Waals surface area contributed by atoms with Crippen molar-refractivity contribution in [3.63, 3.8) is 0 Å². The fraction of sp³-hybridized carbons (Fsp3) is 0.333. The van der Waals surface area contributed by atoms with Crippen LogP contribution in [0, 0.1) is 6.92 Å². The van der Waals surface area contributed by atoms with Gasteiger partial charge in [-0.25, -0.2) is 0 Å². The predicted octanol–water partition coefficient (Wildman–Crippen LogP) is 3.45. The third-order valence-electron chi connectivity index (χ3n) is 3.60. The van der Waals surface area contributed by atoms with Crippen LogP contribution in [0.15, 0.2) is 36.5 Å². The molecule has 116 valence electrons. The third-order valence-corrected chi connectivity index (χ3v) is 3.60. The minimum atomic E-state index is -0.0901. The summed E-state index contributed by atoms with van der Waals surface area (Å²) in [5, 5.41) is 2.92. The summed E-state index contributed by atoms with van der Waals surface area (Å²) in [5.74, 6) is 1.03. The first kappa shape index (κ1) is 16.0. The van der Waals surface area contributed by atoms with E-state index >= 15 is 0 Å². The van der Waals surface area contributed by atoms with Gasteiger partial charge in [-0.15, -0.1) is 0 Å². The van der Waals surface area contributed by atoms with E-state index in [4.69, 9.17) is 4.74 Å². The van der Waals surface area contributed by atoms with E-state index in [1.807, 2.05) is 37.3 Å². The SMILES string of the molecule is COc1cc(C)c(C(=O)NCc2ccccn2)cc1C(C)C. The number of carbonyl (C=O) groups is 1. The number of carbonyl (C=O) groups excluding carboxylic acids is 1. The summed E-state index contributed by atoms with van der Waals surface area (Å²) in [5.41, 5.74) is 3.46. The van der Waals surface area contributed by atoms with Crippen LogP contribution in [0.2, 0.25) is 0 Å². The Hall–Kier alpha value is -2.36. The van der Waals surface area contributed by atoms with Crippen molar-refractivity contribution in [2.45, 2.75) is 33.2 Å². The highest BCUT2D eigenvalue weighted by molar-refractivity contribution is 5.96. The number of amides is 1. The van der Waals surface area contributed by atoms with Crippen LogP contribution < -0.4 is 10.1 Å². The van der Waals surface area contributed by atoms with Gasteiger partial charge in [-0.1, -0.05) is 19.9 Å². The molecule has 1 heterocycles. The molecule has 0 saturated carbocycles. The molecule has 1 aromatic heterocycles. The zero-order chi connectivity index (χ0) is 16.1. The van der Waals surface area contributed by atoms with Gasteiger partial charge in [0.1, 0.15) is 5.75 Å². The minimum absolute atomic E-state index is 0.0901. The number of hydrogen-bond acceptors (Lipinski definition) is 3. The molecule has 0 spiro atoms. The highest BCUT2D eigenvalue weighted by atomic mass is 16.5. The Kier molecular flexibility index (Phi) is 5.15. The van der Waals surface area contributed by atoms with Crippen LogP contribution in [0.4, 0.5) is 0 Å². The maximum Gasteiger partial charge on any atom is 0.251 e. The van der Waals surface area contributed by atoms with Crippen molar-refractivity contribution in [2.24, 2.45) is 0 Å². The van der Waals surface area contributed by atoms with E-state index in [1.165, 1.54) is 0 Å². The number of nitrogens with one attached hydrogen (secondary N) is 1. The van der Waals surface area contributed by atoms with Gasteiger partial charge in [0.25, 0.3) is 5.91 Å². The number of aromatic nitrogens is 1. The lowest BCUT2D eigenvalue weighted by molar-refractivity contribution is 0.0949.